The van der Waals surface area contributed by atoms with Crippen molar-refractivity contribution >= 4 is 40.8 Å². The SMILES string of the molecule is COC(=O)C(=CC(=O)O)Nc1cc(Cl)cc(Cl)c1OCc1ccccc1. The van der Waals surface area contributed by atoms with Crippen LogP contribution in [0, 0.1) is 0 Å². The van der Waals surface area contributed by atoms with Crippen LogP contribution in [0.15, 0.2) is 54.2 Å². The molecule has 0 saturated carbocycles. The molecule has 0 spiro atoms. The highest BCUT2D eigenvalue weighted by Gasteiger charge is 2.17. The van der Waals surface area contributed by atoms with Crippen LogP contribution in [0.1, 0.15) is 5.56 Å². The van der Waals surface area contributed by atoms with Crippen LogP contribution in [-0.4, -0.2) is 24.2 Å². The van der Waals surface area contributed by atoms with Gasteiger partial charge in [0.2, 0.25) is 0 Å². The van der Waals surface area contributed by atoms with E-state index >= 15 is 0 Å². The zero-order valence-electron chi connectivity index (χ0n) is 13.7. The molecule has 2 aromatic carbocycles. The van der Waals surface area contributed by atoms with Crippen LogP contribution < -0.4 is 10.1 Å². The maximum Gasteiger partial charge on any atom is 0.354 e. The number of carbonyl (C=O) groups excluding carboxylic acids is 1. The molecule has 8 heteroatoms. The van der Waals surface area contributed by atoms with Crippen molar-refractivity contribution in [2.75, 3.05) is 12.4 Å². The summed E-state index contributed by atoms with van der Waals surface area (Å²) in [5.41, 5.74) is 0.831. The summed E-state index contributed by atoms with van der Waals surface area (Å²) in [6, 6.07) is 12.3. The number of esters is 1. The number of rotatable bonds is 7. The van der Waals surface area contributed by atoms with Crippen LogP contribution in [0.25, 0.3) is 0 Å². The molecule has 0 amide bonds. The summed E-state index contributed by atoms with van der Waals surface area (Å²) in [5.74, 6) is -1.96. The third-order valence-electron chi connectivity index (χ3n) is 3.18. The fourth-order valence-electron chi connectivity index (χ4n) is 2.05. The number of hydrogen-bond donors (Lipinski definition) is 2. The van der Waals surface area contributed by atoms with Gasteiger partial charge < -0.3 is 19.9 Å². The van der Waals surface area contributed by atoms with E-state index in [1.54, 1.807) is 0 Å². The summed E-state index contributed by atoms with van der Waals surface area (Å²) in [7, 11) is 1.14. The van der Waals surface area contributed by atoms with Gasteiger partial charge in [0, 0.05) is 5.02 Å². The van der Waals surface area contributed by atoms with Crippen molar-refractivity contribution in [2.24, 2.45) is 0 Å². The number of anilines is 1. The molecule has 0 unspecified atom stereocenters. The van der Waals surface area contributed by atoms with Gasteiger partial charge in [0.1, 0.15) is 12.3 Å². The molecule has 2 N–H and O–H groups in total. The van der Waals surface area contributed by atoms with Crippen molar-refractivity contribution in [3.05, 3.63) is 69.8 Å². The fourth-order valence-corrected chi connectivity index (χ4v) is 2.60. The number of ether oxygens (including phenoxy) is 2. The molecule has 0 aliphatic heterocycles. The van der Waals surface area contributed by atoms with E-state index in [4.69, 9.17) is 33.0 Å². The van der Waals surface area contributed by atoms with Crippen molar-refractivity contribution in [1.82, 2.24) is 0 Å². The summed E-state index contributed by atoms with van der Waals surface area (Å²) in [5, 5.41) is 12.1. The van der Waals surface area contributed by atoms with E-state index in [-0.39, 0.29) is 33.8 Å². The standard InChI is InChI=1S/C18H15Cl2NO5/c1-25-18(24)15(9-16(22)23)21-14-8-12(19)7-13(20)17(14)26-10-11-5-3-2-4-6-11/h2-9,21H,10H2,1H3,(H,22,23). The Hall–Kier alpha value is -2.70. The number of aliphatic carboxylic acids is 1. The average Bonchev–Trinajstić information content (AvgIpc) is 2.60. The van der Waals surface area contributed by atoms with Crippen molar-refractivity contribution in [2.45, 2.75) is 6.61 Å². The molecule has 0 radical (unpaired) electrons. The van der Waals surface area contributed by atoms with Gasteiger partial charge in [-0.15, -0.1) is 0 Å². The molecule has 0 saturated heterocycles. The average molecular weight is 396 g/mol. The van der Waals surface area contributed by atoms with Gasteiger partial charge in [0.05, 0.1) is 23.9 Å². The minimum atomic E-state index is -1.32. The molecule has 0 heterocycles. The third kappa shape index (κ3) is 5.40. The molecule has 0 bridgehead atoms. The van der Waals surface area contributed by atoms with Crippen molar-refractivity contribution in [1.29, 1.82) is 0 Å². The molecular formula is C18H15Cl2NO5. The molecule has 0 aliphatic rings. The largest absolute Gasteiger partial charge is 0.485 e. The monoisotopic (exact) mass is 395 g/mol. The quantitative estimate of drug-likeness (QED) is 0.541. The second-order valence-corrected chi connectivity index (χ2v) is 5.90. The number of carboxylic acids is 1. The van der Waals surface area contributed by atoms with Crippen molar-refractivity contribution in [3.63, 3.8) is 0 Å². The van der Waals surface area contributed by atoms with Crippen LogP contribution in [-0.2, 0) is 20.9 Å². The lowest BCUT2D eigenvalue weighted by Gasteiger charge is -2.16. The van der Waals surface area contributed by atoms with Gasteiger partial charge >= 0.3 is 11.9 Å². The molecule has 0 fully saturated rings. The Balaban J connectivity index is 2.34. The number of carboxylic acid groups (broad SMARTS) is 1. The second-order valence-electron chi connectivity index (χ2n) is 5.05. The number of nitrogens with one attached hydrogen (secondary N) is 1. The molecule has 0 aliphatic carbocycles. The molecule has 6 nitrogen and oxygen atoms in total. The van der Waals surface area contributed by atoms with E-state index in [2.05, 4.69) is 10.1 Å². The first kappa shape index (κ1) is 19.6. The minimum Gasteiger partial charge on any atom is -0.485 e. The Bertz CT molecular complexity index is 837. The topological polar surface area (TPSA) is 84.9 Å². The van der Waals surface area contributed by atoms with Crippen molar-refractivity contribution < 1.29 is 24.2 Å². The third-order valence-corrected chi connectivity index (χ3v) is 3.68. The number of benzene rings is 2. The number of methoxy groups -OCH3 is 1. The van der Waals surface area contributed by atoms with Crippen LogP contribution in [0.4, 0.5) is 5.69 Å². The summed E-state index contributed by atoms with van der Waals surface area (Å²) >= 11 is 12.2. The Morgan fingerprint density at radius 2 is 1.88 bits per heavy atom. The molecule has 136 valence electrons. The van der Waals surface area contributed by atoms with Crippen LogP contribution in [0.2, 0.25) is 10.0 Å². The predicted octanol–water partition coefficient (Wildman–Crippen LogP) is 4.13. The Kier molecular flexibility index (Phi) is 6.89. The minimum absolute atomic E-state index is 0.204. The van der Waals surface area contributed by atoms with E-state index in [1.807, 2.05) is 30.3 Å². The van der Waals surface area contributed by atoms with Gasteiger partial charge in [-0.2, -0.15) is 0 Å². The van der Waals surface area contributed by atoms with Crippen LogP contribution >= 0.6 is 23.2 Å². The molecular weight excluding hydrogens is 381 g/mol. The van der Waals surface area contributed by atoms with E-state index in [0.29, 0.717) is 6.08 Å². The maximum absolute atomic E-state index is 11.8. The lowest BCUT2D eigenvalue weighted by atomic mass is 10.2. The molecule has 2 rings (SSSR count). The van der Waals surface area contributed by atoms with Crippen LogP contribution in [0.5, 0.6) is 5.75 Å². The van der Waals surface area contributed by atoms with Gasteiger partial charge in [-0.3, -0.25) is 0 Å². The smallest absolute Gasteiger partial charge is 0.354 e. The highest BCUT2D eigenvalue weighted by molar-refractivity contribution is 6.36. The first-order chi connectivity index (χ1) is 12.4. The first-order valence-electron chi connectivity index (χ1n) is 7.36. The normalized spacial score (nSPS) is 11.0. The Labute approximate surface area is 159 Å². The van der Waals surface area contributed by atoms with Gasteiger partial charge in [0.15, 0.2) is 5.75 Å². The Morgan fingerprint density at radius 3 is 2.50 bits per heavy atom. The zero-order valence-corrected chi connectivity index (χ0v) is 15.2. The van der Waals surface area contributed by atoms with Gasteiger partial charge in [0.25, 0.3) is 0 Å². The molecule has 2 aromatic rings. The highest BCUT2D eigenvalue weighted by atomic mass is 35.5. The predicted molar refractivity (Wildman–Crippen MR) is 98.6 cm³/mol. The molecule has 26 heavy (non-hydrogen) atoms. The molecule has 0 atom stereocenters. The van der Waals surface area contributed by atoms with Gasteiger partial charge in [-0.1, -0.05) is 53.5 Å². The lowest BCUT2D eigenvalue weighted by Crippen LogP contribution is -2.15. The highest BCUT2D eigenvalue weighted by Crippen LogP contribution is 2.37. The Morgan fingerprint density at radius 1 is 1.19 bits per heavy atom. The summed E-state index contributed by atoms with van der Waals surface area (Å²) < 4.78 is 10.3. The summed E-state index contributed by atoms with van der Waals surface area (Å²) in [4.78, 5) is 22.7. The van der Waals surface area contributed by atoms with Crippen LogP contribution in [0.3, 0.4) is 0 Å². The molecule has 0 aromatic heterocycles. The zero-order chi connectivity index (χ0) is 19.1. The first-order valence-corrected chi connectivity index (χ1v) is 8.12. The summed E-state index contributed by atoms with van der Waals surface area (Å²) in [6.45, 7) is 0.215. The lowest BCUT2D eigenvalue weighted by molar-refractivity contribution is -0.137. The van der Waals surface area contributed by atoms with E-state index in [9.17, 15) is 9.59 Å². The van der Waals surface area contributed by atoms with E-state index < -0.39 is 11.9 Å². The number of carbonyl (C=O) groups is 2. The number of halogens is 2. The van der Waals surface area contributed by atoms with E-state index in [1.165, 1.54) is 12.1 Å². The second kappa shape index (κ2) is 9.12. The fraction of sp³-hybridized carbons (Fsp3) is 0.111. The summed E-state index contributed by atoms with van der Waals surface area (Å²) in [6.07, 6.45) is 0.682. The maximum atomic E-state index is 11.8. The van der Waals surface area contributed by atoms with Gasteiger partial charge in [-0.25, -0.2) is 9.59 Å². The van der Waals surface area contributed by atoms with Gasteiger partial charge in [-0.05, 0) is 17.7 Å². The number of hydrogen-bond acceptors (Lipinski definition) is 5. The van der Waals surface area contributed by atoms with E-state index in [0.717, 1.165) is 12.7 Å². The van der Waals surface area contributed by atoms with Crippen molar-refractivity contribution in [3.8, 4) is 5.75 Å².